The van der Waals surface area contributed by atoms with Crippen molar-refractivity contribution in [3.8, 4) is 11.8 Å². The Bertz CT molecular complexity index is 550. The van der Waals surface area contributed by atoms with E-state index in [0.717, 1.165) is 5.56 Å². The maximum Gasteiger partial charge on any atom is 0.140 e. The summed E-state index contributed by atoms with van der Waals surface area (Å²) < 4.78 is 13.4. The van der Waals surface area contributed by atoms with Gasteiger partial charge in [0.05, 0.1) is 5.56 Å². The Morgan fingerprint density at radius 1 is 0.938 bits per heavy atom. The molecule has 0 atom stereocenters. The average molecular weight is 231 g/mol. The van der Waals surface area contributed by atoms with Crippen LogP contribution in [0.3, 0.4) is 0 Å². The monoisotopic (exact) mass is 230 g/mol. The van der Waals surface area contributed by atoms with Crippen molar-refractivity contribution in [1.82, 2.24) is 0 Å². The summed E-state index contributed by atoms with van der Waals surface area (Å²) in [6, 6.07) is 13.9. The van der Waals surface area contributed by atoms with E-state index in [-0.39, 0.29) is 0 Å². The van der Waals surface area contributed by atoms with Crippen molar-refractivity contribution in [2.45, 2.75) is 0 Å². The molecule has 16 heavy (non-hydrogen) atoms. The lowest BCUT2D eigenvalue weighted by Crippen LogP contribution is -1.82. The van der Waals surface area contributed by atoms with Crippen molar-refractivity contribution in [3.63, 3.8) is 0 Å². The molecule has 0 unspecified atom stereocenters. The summed E-state index contributed by atoms with van der Waals surface area (Å²) in [6.07, 6.45) is 0. The van der Waals surface area contributed by atoms with Gasteiger partial charge in [0.2, 0.25) is 0 Å². The standard InChI is InChI=1S/C14H8ClF/c15-13-9-8-12(14(16)10-13)7-6-11-4-2-1-3-5-11/h1-5,8-10H. The smallest absolute Gasteiger partial charge is 0.140 e. The van der Waals surface area contributed by atoms with Gasteiger partial charge in [0.25, 0.3) is 0 Å². The molecule has 0 aliphatic heterocycles. The molecule has 78 valence electrons. The van der Waals surface area contributed by atoms with Gasteiger partial charge in [0.15, 0.2) is 0 Å². The Morgan fingerprint density at radius 2 is 1.69 bits per heavy atom. The first-order chi connectivity index (χ1) is 7.75. The van der Waals surface area contributed by atoms with E-state index in [1.54, 1.807) is 12.1 Å². The molecule has 0 aliphatic rings. The normalized spacial score (nSPS) is 9.38. The van der Waals surface area contributed by atoms with E-state index in [1.165, 1.54) is 6.07 Å². The molecule has 0 aliphatic carbocycles. The van der Waals surface area contributed by atoms with Crippen molar-refractivity contribution < 1.29 is 4.39 Å². The first-order valence-corrected chi connectivity index (χ1v) is 5.15. The summed E-state index contributed by atoms with van der Waals surface area (Å²) in [7, 11) is 0. The number of benzene rings is 2. The summed E-state index contributed by atoms with van der Waals surface area (Å²) in [5.74, 6) is 5.27. The van der Waals surface area contributed by atoms with E-state index in [4.69, 9.17) is 11.6 Å². The first kappa shape index (κ1) is 10.7. The highest BCUT2D eigenvalue weighted by atomic mass is 35.5. The van der Waals surface area contributed by atoms with Crippen LogP contribution in [-0.4, -0.2) is 0 Å². The number of hydrogen-bond donors (Lipinski definition) is 0. The second kappa shape index (κ2) is 4.83. The molecule has 0 fully saturated rings. The molecule has 0 spiro atoms. The number of halogens is 2. The fourth-order valence-electron chi connectivity index (χ4n) is 1.25. The largest absolute Gasteiger partial charge is 0.206 e. The van der Waals surface area contributed by atoms with Crippen LogP contribution in [0.1, 0.15) is 11.1 Å². The van der Waals surface area contributed by atoms with Crippen molar-refractivity contribution in [2.24, 2.45) is 0 Å². The Morgan fingerprint density at radius 3 is 2.38 bits per heavy atom. The van der Waals surface area contributed by atoms with Crippen molar-refractivity contribution in [3.05, 3.63) is 70.5 Å². The molecular formula is C14H8ClF. The third kappa shape index (κ3) is 2.62. The highest BCUT2D eigenvalue weighted by Gasteiger charge is 1.98. The van der Waals surface area contributed by atoms with Crippen molar-refractivity contribution >= 4 is 11.6 Å². The van der Waals surface area contributed by atoms with Crippen LogP contribution in [0, 0.1) is 17.7 Å². The summed E-state index contributed by atoms with van der Waals surface area (Å²) >= 11 is 5.65. The summed E-state index contributed by atoms with van der Waals surface area (Å²) in [5.41, 5.74) is 1.21. The Labute approximate surface area is 98.7 Å². The average Bonchev–Trinajstić information content (AvgIpc) is 2.29. The minimum Gasteiger partial charge on any atom is -0.206 e. The molecule has 2 heteroatoms. The van der Waals surface area contributed by atoms with E-state index in [0.29, 0.717) is 10.6 Å². The molecule has 2 aromatic rings. The molecule has 0 heterocycles. The minimum atomic E-state index is -0.393. The Balaban J connectivity index is 2.31. The predicted octanol–water partition coefficient (Wildman–Crippen LogP) is 3.88. The van der Waals surface area contributed by atoms with E-state index >= 15 is 0 Å². The fourth-order valence-corrected chi connectivity index (χ4v) is 1.41. The quantitative estimate of drug-likeness (QED) is 0.603. The van der Waals surface area contributed by atoms with Gasteiger partial charge in [0, 0.05) is 10.6 Å². The summed E-state index contributed by atoms with van der Waals surface area (Å²) in [6.45, 7) is 0. The van der Waals surface area contributed by atoms with Gasteiger partial charge in [-0.2, -0.15) is 0 Å². The van der Waals surface area contributed by atoms with Crippen LogP contribution < -0.4 is 0 Å². The van der Waals surface area contributed by atoms with E-state index in [2.05, 4.69) is 11.8 Å². The van der Waals surface area contributed by atoms with Gasteiger partial charge in [-0.3, -0.25) is 0 Å². The van der Waals surface area contributed by atoms with Crippen LogP contribution in [-0.2, 0) is 0 Å². The van der Waals surface area contributed by atoms with Crippen LogP contribution in [0.15, 0.2) is 48.5 Å². The number of rotatable bonds is 0. The van der Waals surface area contributed by atoms with Gasteiger partial charge in [-0.1, -0.05) is 41.6 Å². The third-order valence-corrected chi connectivity index (χ3v) is 2.28. The molecule has 2 aromatic carbocycles. The molecule has 0 saturated carbocycles. The summed E-state index contributed by atoms with van der Waals surface area (Å²) in [4.78, 5) is 0. The maximum atomic E-state index is 13.4. The molecular weight excluding hydrogens is 223 g/mol. The molecule has 0 amide bonds. The zero-order valence-electron chi connectivity index (χ0n) is 8.37. The van der Waals surface area contributed by atoms with Gasteiger partial charge in [0.1, 0.15) is 5.82 Å². The third-order valence-electron chi connectivity index (χ3n) is 2.05. The highest BCUT2D eigenvalue weighted by molar-refractivity contribution is 6.30. The van der Waals surface area contributed by atoms with E-state index in [1.807, 2.05) is 30.3 Å². The second-order valence-corrected chi connectivity index (χ2v) is 3.68. The lowest BCUT2D eigenvalue weighted by Gasteiger charge is -1.94. The van der Waals surface area contributed by atoms with Gasteiger partial charge in [-0.15, -0.1) is 0 Å². The molecule has 0 N–H and O–H groups in total. The Hall–Kier alpha value is -1.78. The second-order valence-electron chi connectivity index (χ2n) is 3.24. The zero-order valence-corrected chi connectivity index (χ0v) is 9.13. The summed E-state index contributed by atoms with van der Waals surface area (Å²) in [5, 5.41) is 0.378. The van der Waals surface area contributed by atoms with Gasteiger partial charge >= 0.3 is 0 Å². The zero-order chi connectivity index (χ0) is 11.4. The predicted molar refractivity (Wildman–Crippen MR) is 63.8 cm³/mol. The minimum absolute atomic E-state index is 0.355. The van der Waals surface area contributed by atoms with E-state index in [9.17, 15) is 4.39 Å². The SMILES string of the molecule is Fc1cc(Cl)ccc1C#Cc1ccccc1. The van der Waals surface area contributed by atoms with Crippen LogP contribution in [0.4, 0.5) is 4.39 Å². The molecule has 2 rings (SSSR count). The first-order valence-electron chi connectivity index (χ1n) is 4.78. The van der Waals surface area contributed by atoms with Crippen LogP contribution in [0.5, 0.6) is 0 Å². The van der Waals surface area contributed by atoms with Crippen LogP contribution in [0.2, 0.25) is 5.02 Å². The Kier molecular flexibility index (Phi) is 3.24. The van der Waals surface area contributed by atoms with Crippen molar-refractivity contribution in [1.29, 1.82) is 0 Å². The van der Waals surface area contributed by atoms with Crippen LogP contribution >= 0.6 is 11.6 Å². The highest BCUT2D eigenvalue weighted by Crippen LogP contribution is 2.13. The lowest BCUT2D eigenvalue weighted by atomic mass is 10.2. The van der Waals surface area contributed by atoms with Gasteiger partial charge in [-0.05, 0) is 30.3 Å². The fraction of sp³-hybridized carbons (Fsp3) is 0. The molecule has 0 nitrogen and oxygen atoms in total. The molecule has 0 radical (unpaired) electrons. The van der Waals surface area contributed by atoms with Crippen molar-refractivity contribution in [2.75, 3.05) is 0 Å². The topological polar surface area (TPSA) is 0 Å². The molecule has 0 aromatic heterocycles. The molecule has 0 saturated heterocycles. The van der Waals surface area contributed by atoms with E-state index < -0.39 is 5.82 Å². The maximum absolute atomic E-state index is 13.4. The van der Waals surface area contributed by atoms with Crippen LogP contribution in [0.25, 0.3) is 0 Å². The van der Waals surface area contributed by atoms with Gasteiger partial charge in [-0.25, -0.2) is 4.39 Å². The lowest BCUT2D eigenvalue weighted by molar-refractivity contribution is 0.624. The molecule has 0 bridgehead atoms. The number of hydrogen-bond acceptors (Lipinski definition) is 0. The van der Waals surface area contributed by atoms with Gasteiger partial charge < -0.3 is 0 Å².